The van der Waals surface area contributed by atoms with Crippen LogP contribution in [0.1, 0.15) is 15.9 Å². The fraction of sp³-hybridized carbons (Fsp3) is 0.176. The SMILES string of the molecule is COC(=O)CN(Cc1ccccc1)C(=O)c1cc(N)c(F)cc1F. The zero-order valence-electron chi connectivity index (χ0n) is 13.0. The molecule has 0 atom stereocenters. The van der Waals surface area contributed by atoms with E-state index in [1.807, 2.05) is 0 Å². The van der Waals surface area contributed by atoms with E-state index in [1.165, 1.54) is 7.11 Å². The van der Waals surface area contributed by atoms with Crippen LogP contribution in [0.25, 0.3) is 0 Å². The highest BCUT2D eigenvalue weighted by molar-refractivity contribution is 5.97. The summed E-state index contributed by atoms with van der Waals surface area (Å²) in [5.74, 6) is -3.44. The molecule has 0 unspecified atom stereocenters. The topological polar surface area (TPSA) is 72.6 Å². The molecule has 0 aromatic heterocycles. The monoisotopic (exact) mass is 334 g/mol. The number of nitrogens with zero attached hydrogens (tertiary/aromatic N) is 1. The number of nitrogen functional groups attached to an aromatic ring is 1. The van der Waals surface area contributed by atoms with Crippen LogP contribution in [0.3, 0.4) is 0 Å². The lowest BCUT2D eigenvalue weighted by Crippen LogP contribution is -2.36. The summed E-state index contributed by atoms with van der Waals surface area (Å²) in [6.07, 6.45) is 0. The fourth-order valence-corrected chi connectivity index (χ4v) is 2.12. The Morgan fingerprint density at radius 2 is 1.79 bits per heavy atom. The first kappa shape index (κ1) is 17.4. The Bertz CT molecular complexity index is 751. The molecule has 7 heteroatoms. The molecular weight excluding hydrogens is 318 g/mol. The Labute approximate surface area is 137 Å². The second-order valence-electron chi connectivity index (χ2n) is 5.08. The Morgan fingerprint density at radius 3 is 2.42 bits per heavy atom. The number of methoxy groups -OCH3 is 1. The van der Waals surface area contributed by atoms with Crippen LogP contribution < -0.4 is 5.73 Å². The van der Waals surface area contributed by atoms with Gasteiger partial charge in [0.2, 0.25) is 0 Å². The Morgan fingerprint density at radius 1 is 1.12 bits per heavy atom. The zero-order valence-corrected chi connectivity index (χ0v) is 13.0. The molecule has 126 valence electrons. The quantitative estimate of drug-likeness (QED) is 0.673. The van der Waals surface area contributed by atoms with Crippen LogP contribution in [0.15, 0.2) is 42.5 Å². The van der Waals surface area contributed by atoms with Crippen molar-refractivity contribution < 1.29 is 23.1 Å². The van der Waals surface area contributed by atoms with E-state index in [0.717, 1.165) is 16.5 Å². The first-order valence-corrected chi connectivity index (χ1v) is 7.07. The van der Waals surface area contributed by atoms with Crippen molar-refractivity contribution in [2.45, 2.75) is 6.54 Å². The molecule has 2 N–H and O–H groups in total. The van der Waals surface area contributed by atoms with Crippen LogP contribution in [0, 0.1) is 11.6 Å². The van der Waals surface area contributed by atoms with Crippen molar-refractivity contribution in [3.05, 3.63) is 65.2 Å². The normalized spacial score (nSPS) is 10.3. The number of esters is 1. The zero-order chi connectivity index (χ0) is 17.7. The van der Waals surface area contributed by atoms with Crippen molar-refractivity contribution in [3.8, 4) is 0 Å². The van der Waals surface area contributed by atoms with Gasteiger partial charge in [0.1, 0.15) is 18.2 Å². The number of halogens is 2. The van der Waals surface area contributed by atoms with Gasteiger partial charge in [-0.15, -0.1) is 0 Å². The Hall–Kier alpha value is -2.96. The molecule has 0 saturated carbocycles. The average molecular weight is 334 g/mol. The highest BCUT2D eigenvalue weighted by Crippen LogP contribution is 2.19. The smallest absolute Gasteiger partial charge is 0.325 e. The van der Waals surface area contributed by atoms with Gasteiger partial charge in [0.05, 0.1) is 18.4 Å². The highest BCUT2D eigenvalue weighted by atomic mass is 19.1. The highest BCUT2D eigenvalue weighted by Gasteiger charge is 2.23. The van der Waals surface area contributed by atoms with Gasteiger partial charge in [0.25, 0.3) is 5.91 Å². The maximum absolute atomic E-state index is 13.9. The van der Waals surface area contributed by atoms with Crippen LogP contribution in [0.4, 0.5) is 14.5 Å². The van der Waals surface area contributed by atoms with E-state index in [0.29, 0.717) is 6.07 Å². The second kappa shape index (κ2) is 7.54. The predicted molar refractivity (Wildman–Crippen MR) is 84.0 cm³/mol. The van der Waals surface area contributed by atoms with Gasteiger partial charge in [0.15, 0.2) is 0 Å². The Kier molecular flexibility index (Phi) is 5.47. The molecule has 2 aromatic rings. The van der Waals surface area contributed by atoms with Gasteiger partial charge in [-0.05, 0) is 11.6 Å². The number of hydrogen-bond acceptors (Lipinski definition) is 4. The summed E-state index contributed by atoms with van der Waals surface area (Å²) in [4.78, 5) is 25.3. The van der Waals surface area contributed by atoms with Gasteiger partial charge < -0.3 is 15.4 Å². The number of rotatable bonds is 5. The molecule has 2 aromatic carbocycles. The summed E-state index contributed by atoms with van der Waals surface area (Å²) in [5.41, 5.74) is 5.39. The molecule has 24 heavy (non-hydrogen) atoms. The molecule has 0 bridgehead atoms. The van der Waals surface area contributed by atoms with Crippen LogP contribution in [-0.4, -0.2) is 30.4 Å². The van der Waals surface area contributed by atoms with Gasteiger partial charge in [-0.1, -0.05) is 30.3 Å². The van der Waals surface area contributed by atoms with Gasteiger partial charge in [-0.2, -0.15) is 0 Å². The number of carbonyl (C=O) groups excluding carboxylic acids is 2. The van der Waals surface area contributed by atoms with E-state index in [2.05, 4.69) is 4.74 Å². The molecule has 1 amide bonds. The van der Waals surface area contributed by atoms with E-state index >= 15 is 0 Å². The molecule has 0 aliphatic heterocycles. The molecular formula is C17H16F2N2O3. The summed E-state index contributed by atoms with van der Waals surface area (Å²) in [7, 11) is 1.18. The van der Waals surface area contributed by atoms with Crippen molar-refractivity contribution in [1.29, 1.82) is 0 Å². The summed E-state index contributed by atoms with van der Waals surface area (Å²) in [5, 5.41) is 0. The second-order valence-corrected chi connectivity index (χ2v) is 5.08. The summed E-state index contributed by atoms with van der Waals surface area (Å²) in [6, 6.07) is 10.3. The van der Waals surface area contributed by atoms with Crippen LogP contribution in [-0.2, 0) is 16.1 Å². The average Bonchev–Trinajstić information content (AvgIpc) is 2.57. The number of ether oxygens (including phenoxy) is 1. The molecule has 0 radical (unpaired) electrons. The van der Waals surface area contributed by atoms with E-state index in [-0.39, 0.29) is 18.8 Å². The molecule has 2 rings (SSSR count). The number of carbonyl (C=O) groups is 2. The molecule has 0 heterocycles. The first-order chi connectivity index (χ1) is 11.4. The fourth-order valence-electron chi connectivity index (χ4n) is 2.12. The molecule has 0 fully saturated rings. The molecule has 0 spiro atoms. The third-order valence-electron chi connectivity index (χ3n) is 3.37. The summed E-state index contributed by atoms with van der Waals surface area (Å²) in [6.45, 7) is -0.313. The van der Waals surface area contributed by atoms with Crippen LogP contribution in [0.2, 0.25) is 0 Å². The van der Waals surface area contributed by atoms with E-state index in [4.69, 9.17) is 5.73 Å². The minimum Gasteiger partial charge on any atom is -0.468 e. The van der Waals surface area contributed by atoms with Gasteiger partial charge in [-0.3, -0.25) is 9.59 Å². The minimum absolute atomic E-state index is 0.0610. The van der Waals surface area contributed by atoms with E-state index in [1.54, 1.807) is 30.3 Å². The largest absolute Gasteiger partial charge is 0.468 e. The lowest BCUT2D eigenvalue weighted by Gasteiger charge is -2.22. The third-order valence-corrected chi connectivity index (χ3v) is 3.37. The lowest BCUT2D eigenvalue weighted by molar-refractivity contribution is -0.141. The van der Waals surface area contributed by atoms with Gasteiger partial charge in [-0.25, -0.2) is 8.78 Å². The van der Waals surface area contributed by atoms with Gasteiger partial charge in [0, 0.05) is 12.6 Å². The van der Waals surface area contributed by atoms with E-state index in [9.17, 15) is 18.4 Å². The standard InChI is InChI=1S/C17H16F2N2O3/c1-24-16(22)10-21(9-11-5-3-2-4-6-11)17(23)12-7-15(20)14(19)8-13(12)18/h2-8H,9-10,20H2,1H3. The van der Waals surface area contributed by atoms with E-state index < -0.39 is 29.1 Å². The number of hydrogen-bond donors (Lipinski definition) is 1. The van der Waals surface area contributed by atoms with Crippen molar-refractivity contribution in [1.82, 2.24) is 4.90 Å². The van der Waals surface area contributed by atoms with Crippen LogP contribution >= 0.6 is 0 Å². The van der Waals surface area contributed by atoms with Crippen molar-refractivity contribution in [2.75, 3.05) is 19.4 Å². The third kappa shape index (κ3) is 4.07. The number of nitrogens with two attached hydrogens (primary N) is 1. The Balaban J connectivity index is 2.33. The molecule has 5 nitrogen and oxygen atoms in total. The lowest BCUT2D eigenvalue weighted by atomic mass is 10.1. The van der Waals surface area contributed by atoms with Gasteiger partial charge >= 0.3 is 5.97 Å². The summed E-state index contributed by atoms with van der Waals surface area (Å²) >= 11 is 0. The number of anilines is 1. The molecule has 0 aliphatic rings. The number of benzene rings is 2. The van der Waals surface area contributed by atoms with Crippen molar-refractivity contribution >= 4 is 17.6 Å². The predicted octanol–water partition coefficient (Wildman–Crippen LogP) is 2.36. The van der Waals surface area contributed by atoms with Crippen molar-refractivity contribution in [2.24, 2.45) is 0 Å². The van der Waals surface area contributed by atoms with Crippen LogP contribution in [0.5, 0.6) is 0 Å². The maximum atomic E-state index is 13.9. The maximum Gasteiger partial charge on any atom is 0.325 e. The minimum atomic E-state index is -1.05. The van der Waals surface area contributed by atoms with Crippen molar-refractivity contribution in [3.63, 3.8) is 0 Å². The molecule has 0 aliphatic carbocycles. The first-order valence-electron chi connectivity index (χ1n) is 7.07. The molecule has 0 saturated heterocycles. The number of amides is 1. The summed E-state index contributed by atoms with van der Waals surface area (Å²) < 4.78 is 31.8.